The number of amides is 1. The van der Waals surface area contributed by atoms with Crippen molar-refractivity contribution in [2.24, 2.45) is 0 Å². The molecule has 1 heterocycles. The number of carbonyl (C=O) groups is 1. The summed E-state index contributed by atoms with van der Waals surface area (Å²) >= 11 is 0. The molecular weight excluding hydrogens is 226 g/mol. The van der Waals surface area contributed by atoms with E-state index in [2.05, 4.69) is 10.6 Å². The number of halogens is 2. The van der Waals surface area contributed by atoms with Crippen molar-refractivity contribution in [1.29, 1.82) is 0 Å². The van der Waals surface area contributed by atoms with Crippen LogP contribution in [-0.4, -0.2) is 25.0 Å². The van der Waals surface area contributed by atoms with Crippen LogP contribution in [0.2, 0.25) is 0 Å². The topological polar surface area (TPSA) is 41.1 Å². The van der Waals surface area contributed by atoms with Crippen LogP contribution in [0.15, 0.2) is 30.3 Å². The Bertz CT molecular complexity index is 389. The first-order chi connectivity index (χ1) is 8.10. The van der Waals surface area contributed by atoms with Crippen LogP contribution >= 0.6 is 0 Å². The smallest absolute Gasteiger partial charge is 0.346 e. The minimum Gasteiger partial charge on any atom is -0.346 e. The number of hydrogen-bond acceptors (Lipinski definition) is 2. The molecule has 1 aromatic rings. The maximum atomic E-state index is 13.8. The zero-order valence-electron chi connectivity index (χ0n) is 9.25. The molecule has 0 bridgehead atoms. The number of carbonyl (C=O) groups excluding carboxylic acids is 1. The first-order valence-corrected chi connectivity index (χ1v) is 5.56. The van der Waals surface area contributed by atoms with Gasteiger partial charge in [-0.2, -0.15) is 8.78 Å². The zero-order chi connectivity index (χ0) is 12.3. The van der Waals surface area contributed by atoms with Gasteiger partial charge < -0.3 is 10.6 Å². The molecule has 1 aliphatic heterocycles. The molecule has 0 saturated carbocycles. The summed E-state index contributed by atoms with van der Waals surface area (Å²) in [6, 6.07) is 6.94. The van der Waals surface area contributed by atoms with Crippen molar-refractivity contribution < 1.29 is 13.6 Å². The number of hydrogen-bond donors (Lipinski definition) is 2. The summed E-state index contributed by atoms with van der Waals surface area (Å²) in [6.07, 6.45) is 0.691. The molecule has 0 radical (unpaired) electrons. The van der Waals surface area contributed by atoms with E-state index >= 15 is 0 Å². The van der Waals surface area contributed by atoms with Crippen molar-refractivity contribution in [3.63, 3.8) is 0 Å². The van der Waals surface area contributed by atoms with Crippen LogP contribution in [0.3, 0.4) is 0 Å². The molecule has 92 valence electrons. The van der Waals surface area contributed by atoms with Crippen molar-refractivity contribution in [3.05, 3.63) is 35.9 Å². The van der Waals surface area contributed by atoms with E-state index in [0.717, 1.165) is 6.54 Å². The molecule has 0 spiro atoms. The van der Waals surface area contributed by atoms with Crippen molar-refractivity contribution in [3.8, 4) is 0 Å². The third kappa shape index (κ3) is 2.61. The molecule has 1 aliphatic rings. The van der Waals surface area contributed by atoms with E-state index in [0.29, 0.717) is 13.0 Å². The van der Waals surface area contributed by atoms with Crippen molar-refractivity contribution in [1.82, 2.24) is 10.6 Å². The Hall–Kier alpha value is -1.49. The highest BCUT2D eigenvalue weighted by Crippen LogP contribution is 2.28. The standard InChI is InChI=1S/C12H14F2N2O/c13-12(14,9-4-2-1-3-5-9)11(17)16-10-6-7-15-8-10/h1-5,10,15H,6-8H2,(H,16,17). The summed E-state index contributed by atoms with van der Waals surface area (Å²) in [5, 5.41) is 5.38. The fourth-order valence-corrected chi connectivity index (χ4v) is 1.83. The lowest BCUT2D eigenvalue weighted by molar-refractivity contribution is -0.147. The Kier molecular flexibility index (Phi) is 3.38. The Morgan fingerprint density at radius 2 is 2.06 bits per heavy atom. The van der Waals surface area contributed by atoms with Crippen molar-refractivity contribution in [2.75, 3.05) is 13.1 Å². The lowest BCUT2D eigenvalue weighted by Gasteiger charge is -2.19. The van der Waals surface area contributed by atoms with Crippen LogP contribution in [0.25, 0.3) is 0 Å². The van der Waals surface area contributed by atoms with E-state index in [-0.39, 0.29) is 11.6 Å². The quantitative estimate of drug-likeness (QED) is 0.835. The fraction of sp³-hybridized carbons (Fsp3) is 0.417. The highest BCUT2D eigenvalue weighted by Gasteiger charge is 2.41. The Labute approximate surface area is 98.2 Å². The van der Waals surface area contributed by atoms with Crippen LogP contribution in [0.1, 0.15) is 12.0 Å². The van der Waals surface area contributed by atoms with Gasteiger partial charge in [0.25, 0.3) is 5.91 Å². The average molecular weight is 240 g/mol. The molecule has 1 unspecified atom stereocenters. The molecule has 17 heavy (non-hydrogen) atoms. The number of nitrogens with one attached hydrogen (secondary N) is 2. The molecule has 1 fully saturated rings. The molecule has 1 saturated heterocycles. The molecule has 2 N–H and O–H groups in total. The minimum atomic E-state index is -3.47. The molecule has 1 atom stereocenters. The Balaban J connectivity index is 2.06. The van der Waals surface area contributed by atoms with Gasteiger partial charge in [-0.1, -0.05) is 30.3 Å². The van der Waals surface area contributed by atoms with Gasteiger partial charge in [0.1, 0.15) is 0 Å². The summed E-state index contributed by atoms with van der Waals surface area (Å²) in [4.78, 5) is 11.5. The van der Waals surface area contributed by atoms with Crippen molar-refractivity contribution in [2.45, 2.75) is 18.4 Å². The summed E-state index contributed by atoms with van der Waals surface area (Å²) in [5.41, 5.74) is -0.275. The van der Waals surface area contributed by atoms with E-state index in [9.17, 15) is 13.6 Å². The Morgan fingerprint density at radius 1 is 1.35 bits per heavy atom. The summed E-state index contributed by atoms with van der Waals surface area (Å²) < 4.78 is 27.5. The fourth-order valence-electron chi connectivity index (χ4n) is 1.83. The highest BCUT2D eigenvalue weighted by atomic mass is 19.3. The molecule has 3 nitrogen and oxygen atoms in total. The van der Waals surface area contributed by atoms with Crippen molar-refractivity contribution >= 4 is 5.91 Å². The van der Waals surface area contributed by atoms with Gasteiger partial charge in [0, 0.05) is 18.2 Å². The van der Waals surface area contributed by atoms with Gasteiger partial charge in [-0.25, -0.2) is 0 Å². The molecule has 2 rings (SSSR count). The normalized spacial score (nSPS) is 20.2. The minimum absolute atomic E-state index is 0.197. The van der Waals surface area contributed by atoms with Gasteiger partial charge in [0.15, 0.2) is 0 Å². The van der Waals surface area contributed by atoms with Crippen LogP contribution in [0.5, 0.6) is 0 Å². The maximum absolute atomic E-state index is 13.8. The number of alkyl halides is 2. The molecule has 0 aromatic heterocycles. The lowest BCUT2D eigenvalue weighted by Crippen LogP contribution is -2.44. The van der Waals surface area contributed by atoms with Gasteiger partial charge in [-0.3, -0.25) is 4.79 Å². The predicted molar refractivity (Wildman–Crippen MR) is 59.8 cm³/mol. The first kappa shape index (κ1) is 12.0. The number of benzene rings is 1. The van der Waals surface area contributed by atoms with E-state index < -0.39 is 11.8 Å². The van der Waals surface area contributed by atoms with E-state index in [1.807, 2.05) is 0 Å². The summed E-state index contributed by atoms with van der Waals surface area (Å²) in [6.45, 7) is 1.30. The Morgan fingerprint density at radius 3 is 2.65 bits per heavy atom. The summed E-state index contributed by atoms with van der Waals surface area (Å²) in [5.74, 6) is -4.69. The average Bonchev–Trinajstić information content (AvgIpc) is 2.83. The monoisotopic (exact) mass is 240 g/mol. The lowest BCUT2D eigenvalue weighted by atomic mass is 10.1. The van der Waals surface area contributed by atoms with Gasteiger partial charge in [0.05, 0.1) is 0 Å². The second-order valence-electron chi connectivity index (χ2n) is 4.10. The molecule has 1 amide bonds. The summed E-state index contributed by atoms with van der Waals surface area (Å²) in [7, 11) is 0. The van der Waals surface area contributed by atoms with Crippen LogP contribution < -0.4 is 10.6 Å². The van der Waals surface area contributed by atoms with Gasteiger partial charge in [0.2, 0.25) is 0 Å². The van der Waals surface area contributed by atoms with E-state index in [1.54, 1.807) is 6.07 Å². The highest BCUT2D eigenvalue weighted by molar-refractivity contribution is 5.85. The largest absolute Gasteiger partial charge is 0.349 e. The molecule has 1 aromatic carbocycles. The van der Waals surface area contributed by atoms with E-state index in [1.165, 1.54) is 24.3 Å². The third-order valence-electron chi connectivity index (χ3n) is 2.82. The van der Waals surface area contributed by atoms with Gasteiger partial charge in [-0.05, 0) is 13.0 Å². The second kappa shape index (κ2) is 4.79. The van der Waals surface area contributed by atoms with E-state index in [4.69, 9.17) is 0 Å². The molecular formula is C12H14F2N2O. The molecule has 0 aliphatic carbocycles. The van der Waals surface area contributed by atoms with Gasteiger partial charge >= 0.3 is 5.92 Å². The zero-order valence-corrected chi connectivity index (χ0v) is 9.25. The predicted octanol–water partition coefficient (Wildman–Crippen LogP) is 1.26. The van der Waals surface area contributed by atoms with Gasteiger partial charge in [-0.15, -0.1) is 0 Å². The molecule has 5 heteroatoms. The number of rotatable bonds is 3. The van der Waals surface area contributed by atoms with Crippen LogP contribution in [0, 0.1) is 0 Å². The third-order valence-corrected chi connectivity index (χ3v) is 2.82. The first-order valence-electron chi connectivity index (χ1n) is 5.56. The van der Waals surface area contributed by atoms with Crippen LogP contribution in [-0.2, 0) is 10.7 Å². The second-order valence-corrected chi connectivity index (χ2v) is 4.10. The maximum Gasteiger partial charge on any atom is 0.349 e. The SMILES string of the molecule is O=C(NC1CCNC1)C(F)(F)c1ccccc1. The van der Waals surface area contributed by atoms with Crippen LogP contribution in [0.4, 0.5) is 8.78 Å².